The van der Waals surface area contributed by atoms with Crippen molar-refractivity contribution < 1.29 is 19.4 Å². The van der Waals surface area contributed by atoms with Gasteiger partial charge in [0.15, 0.2) is 5.75 Å². The van der Waals surface area contributed by atoms with Crippen molar-refractivity contribution in [2.45, 2.75) is 0 Å². The molecular formula is C7H3Cl2FO3. The Labute approximate surface area is 82.3 Å². The number of hydrogen-bond donors (Lipinski definition) is 2. The van der Waals surface area contributed by atoms with Crippen LogP contribution in [-0.2, 0) is 0 Å². The molecule has 0 atom stereocenters. The molecule has 13 heavy (non-hydrogen) atoms. The highest BCUT2D eigenvalue weighted by Gasteiger charge is 2.20. The Morgan fingerprint density at radius 1 is 1.46 bits per heavy atom. The summed E-state index contributed by atoms with van der Waals surface area (Å²) in [4.78, 5) is 10.4. The summed E-state index contributed by atoms with van der Waals surface area (Å²) in [6, 6.07) is 0.687. The molecule has 0 radical (unpaired) electrons. The molecule has 0 aliphatic rings. The fraction of sp³-hybridized carbons (Fsp3) is 0. The van der Waals surface area contributed by atoms with Crippen LogP contribution in [0.1, 0.15) is 10.4 Å². The molecule has 0 aromatic heterocycles. The zero-order valence-electron chi connectivity index (χ0n) is 6.01. The molecule has 0 saturated carbocycles. The van der Waals surface area contributed by atoms with Crippen LogP contribution in [0.3, 0.4) is 0 Å². The van der Waals surface area contributed by atoms with E-state index in [0.29, 0.717) is 6.07 Å². The van der Waals surface area contributed by atoms with Gasteiger partial charge in [0.25, 0.3) is 0 Å². The topological polar surface area (TPSA) is 57.5 Å². The van der Waals surface area contributed by atoms with Gasteiger partial charge in [-0.15, -0.1) is 0 Å². The SMILES string of the molecule is O=C(O)c1c(F)cc(Cl)c(O)c1Cl. The second-order valence-corrected chi connectivity index (χ2v) is 2.97. The van der Waals surface area contributed by atoms with Crippen LogP contribution in [-0.4, -0.2) is 16.2 Å². The molecule has 1 aromatic rings. The summed E-state index contributed by atoms with van der Waals surface area (Å²) in [7, 11) is 0. The van der Waals surface area contributed by atoms with E-state index >= 15 is 0 Å². The largest absolute Gasteiger partial charge is 0.505 e. The number of hydrogen-bond acceptors (Lipinski definition) is 2. The maximum Gasteiger partial charge on any atom is 0.340 e. The van der Waals surface area contributed by atoms with Crippen molar-refractivity contribution in [3.8, 4) is 5.75 Å². The maximum atomic E-state index is 12.9. The highest BCUT2D eigenvalue weighted by atomic mass is 35.5. The number of aromatic hydroxyl groups is 1. The molecule has 6 heteroatoms. The van der Waals surface area contributed by atoms with Gasteiger partial charge < -0.3 is 10.2 Å². The van der Waals surface area contributed by atoms with Crippen molar-refractivity contribution in [3.63, 3.8) is 0 Å². The first-order valence-corrected chi connectivity index (χ1v) is 3.80. The molecule has 0 spiro atoms. The van der Waals surface area contributed by atoms with Crippen LogP contribution in [0.25, 0.3) is 0 Å². The fourth-order valence-electron chi connectivity index (χ4n) is 0.776. The van der Waals surface area contributed by atoms with E-state index in [9.17, 15) is 9.18 Å². The zero-order chi connectivity index (χ0) is 10.2. The lowest BCUT2D eigenvalue weighted by molar-refractivity contribution is 0.0691. The van der Waals surface area contributed by atoms with E-state index in [0.717, 1.165) is 0 Å². The average molecular weight is 225 g/mol. The van der Waals surface area contributed by atoms with Gasteiger partial charge in [-0.05, 0) is 6.07 Å². The Hall–Kier alpha value is -1.00. The molecular weight excluding hydrogens is 222 g/mol. The lowest BCUT2D eigenvalue weighted by Gasteiger charge is -2.04. The summed E-state index contributed by atoms with van der Waals surface area (Å²) in [5, 5.41) is 16.6. The van der Waals surface area contributed by atoms with E-state index in [4.69, 9.17) is 33.4 Å². The van der Waals surface area contributed by atoms with E-state index in [1.165, 1.54) is 0 Å². The second kappa shape index (κ2) is 3.40. The molecule has 3 nitrogen and oxygen atoms in total. The zero-order valence-corrected chi connectivity index (χ0v) is 7.53. The van der Waals surface area contributed by atoms with Gasteiger partial charge in [-0.1, -0.05) is 23.2 Å². The predicted molar refractivity (Wildman–Crippen MR) is 45.0 cm³/mol. The number of aromatic carboxylic acids is 1. The van der Waals surface area contributed by atoms with Gasteiger partial charge in [0, 0.05) is 0 Å². The Balaban J connectivity index is 3.53. The second-order valence-electron chi connectivity index (χ2n) is 2.18. The minimum Gasteiger partial charge on any atom is -0.505 e. The minimum atomic E-state index is -1.56. The van der Waals surface area contributed by atoms with Crippen LogP contribution in [0.15, 0.2) is 6.07 Å². The van der Waals surface area contributed by atoms with Gasteiger partial charge in [0.1, 0.15) is 16.4 Å². The van der Waals surface area contributed by atoms with E-state index in [1.54, 1.807) is 0 Å². The van der Waals surface area contributed by atoms with Crippen LogP contribution in [0.4, 0.5) is 4.39 Å². The molecule has 0 fully saturated rings. The van der Waals surface area contributed by atoms with Gasteiger partial charge in [-0.25, -0.2) is 9.18 Å². The quantitative estimate of drug-likeness (QED) is 0.771. The van der Waals surface area contributed by atoms with Crippen LogP contribution < -0.4 is 0 Å². The Bertz CT molecular complexity index is 378. The fourth-order valence-corrected chi connectivity index (χ4v) is 1.29. The van der Waals surface area contributed by atoms with E-state index < -0.39 is 28.1 Å². The molecule has 0 aliphatic heterocycles. The van der Waals surface area contributed by atoms with E-state index in [-0.39, 0.29) is 5.02 Å². The molecule has 1 aromatic carbocycles. The normalized spacial score (nSPS) is 10.1. The van der Waals surface area contributed by atoms with Gasteiger partial charge in [-0.2, -0.15) is 0 Å². The lowest BCUT2D eigenvalue weighted by atomic mass is 10.2. The molecule has 0 saturated heterocycles. The van der Waals surface area contributed by atoms with Crippen LogP contribution in [0, 0.1) is 5.82 Å². The van der Waals surface area contributed by atoms with Gasteiger partial charge in [0.2, 0.25) is 0 Å². The standard InChI is InChI=1S/C7H3Cl2FO3/c8-2-1-3(10)4(7(12)13)5(9)6(2)11/h1,11H,(H,12,13). The van der Waals surface area contributed by atoms with Crippen molar-refractivity contribution in [2.75, 3.05) is 0 Å². The molecule has 70 valence electrons. The number of benzene rings is 1. The number of carboxylic acids is 1. The van der Waals surface area contributed by atoms with Gasteiger partial charge >= 0.3 is 5.97 Å². The van der Waals surface area contributed by atoms with Crippen LogP contribution in [0.5, 0.6) is 5.75 Å². The van der Waals surface area contributed by atoms with Gasteiger partial charge in [0.05, 0.1) is 5.02 Å². The maximum absolute atomic E-state index is 12.9. The number of carboxylic acid groups (broad SMARTS) is 1. The van der Waals surface area contributed by atoms with Crippen molar-refractivity contribution in [2.24, 2.45) is 0 Å². The summed E-state index contributed by atoms with van der Waals surface area (Å²) in [6.45, 7) is 0. The molecule has 0 amide bonds. The molecule has 0 heterocycles. The first kappa shape index (κ1) is 10.1. The molecule has 0 bridgehead atoms. The first-order valence-electron chi connectivity index (χ1n) is 3.05. The molecule has 0 unspecified atom stereocenters. The van der Waals surface area contributed by atoms with Crippen molar-refractivity contribution in [1.29, 1.82) is 0 Å². The van der Waals surface area contributed by atoms with E-state index in [2.05, 4.69) is 0 Å². The van der Waals surface area contributed by atoms with Crippen molar-refractivity contribution in [3.05, 3.63) is 27.5 Å². The highest BCUT2D eigenvalue weighted by Crippen LogP contribution is 2.35. The molecule has 2 N–H and O–H groups in total. The van der Waals surface area contributed by atoms with Crippen molar-refractivity contribution in [1.82, 2.24) is 0 Å². The van der Waals surface area contributed by atoms with Gasteiger partial charge in [-0.3, -0.25) is 0 Å². The van der Waals surface area contributed by atoms with Crippen molar-refractivity contribution >= 4 is 29.2 Å². The van der Waals surface area contributed by atoms with E-state index in [1.807, 2.05) is 0 Å². The number of rotatable bonds is 1. The summed E-state index contributed by atoms with van der Waals surface area (Å²) in [6.07, 6.45) is 0. The third-order valence-corrected chi connectivity index (χ3v) is 2.02. The Morgan fingerprint density at radius 3 is 2.46 bits per heavy atom. The number of phenolic OH excluding ortho intramolecular Hbond substituents is 1. The third-order valence-electron chi connectivity index (χ3n) is 1.36. The first-order chi connectivity index (χ1) is 5.95. The Morgan fingerprint density at radius 2 is 2.00 bits per heavy atom. The predicted octanol–water partition coefficient (Wildman–Crippen LogP) is 2.54. The number of phenols is 1. The van der Waals surface area contributed by atoms with Crippen LogP contribution in [0.2, 0.25) is 10.0 Å². The third kappa shape index (κ3) is 1.68. The lowest BCUT2D eigenvalue weighted by Crippen LogP contribution is -2.01. The van der Waals surface area contributed by atoms with Crippen LogP contribution >= 0.6 is 23.2 Å². The monoisotopic (exact) mass is 224 g/mol. The molecule has 1 rings (SSSR count). The minimum absolute atomic E-state index is 0.326. The summed E-state index contributed by atoms with van der Waals surface area (Å²) in [5.74, 6) is -3.28. The summed E-state index contributed by atoms with van der Waals surface area (Å²) >= 11 is 10.7. The smallest absolute Gasteiger partial charge is 0.340 e. The Kier molecular flexibility index (Phi) is 2.63. The molecule has 0 aliphatic carbocycles. The summed E-state index contributed by atoms with van der Waals surface area (Å²) in [5.41, 5.74) is -0.788. The highest BCUT2D eigenvalue weighted by molar-refractivity contribution is 6.38. The number of carbonyl (C=O) groups is 1. The summed E-state index contributed by atoms with van der Waals surface area (Å²) < 4.78 is 12.9. The average Bonchev–Trinajstić information content (AvgIpc) is 1.99. The number of halogens is 3.